The van der Waals surface area contributed by atoms with Gasteiger partial charge in [0.05, 0.1) is 34.7 Å². The van der Waals surface area contributed by atoms with Crippen LogP contribution in [0.1, 0.15) is 113 Å². The summed E-state index contributed by atoms with van der Waals surface area (Å²) in [6.45, 7) is 22.2. The monoisotopic (exact) mass is 766 g/mol. The van der Waals surface area contributed by atoms with E-state index in [9.17, 15) is 27.9 Å². The van der Waals surface area contributed by atoms with Crippen LogP contribution < -0.4 is 10.2 Å². The summed E-state index contributed by atoms with van der Waals surface area (Å²) in [5.41, 5.74) is -0.954. The van der Waals surface area contributed by atoms with E-state index in [1.165, 1.54) is 18.3 Å². The maximum absolute atomic E-state index is 13.5. The maximum Gasteiger partial charge on any atom is 0.425 e. The molecule has 2 aromatic carbocycles. The second-order valence-electron chi connectivity index (χ2n) is 15.1. The number of anilines is 1. The number of aromatic nitrogens is 2. The van der Waals surface area contributed by atoms with Crippen LogP contribution in [0.5, 0.6) is 0 Å². The number of benzene rings is 2. The molecule has 0 saturated heterocycles. The van der Waals surface area contributed by atoms with Crippen molar-refractivity contribution >= 4 is 33.9 Å². The Labute approximate surface area is 319 Å². The third kappa shape index (κ3) is 13.8. The average Bonchev–Trinajstić information content (AvgIpc) is 3.05. The Balaban J connectivity index is 0.00000495. The lowest BCUT2D eigenvalue weighted by Gasteiger charge is -2.28. The molecule has 0 aliphatic heterocycles. The van der Waals surface area contributed by atoms with Crippen molar-refractivity contribution in [2.75, 3.05) is 11.4 Å². The lowest BCUT2D eigenvalue weighted by molar-refractivity contribution is 0.0425. The van der Waals surface area contributed by atoms with Gasteiger partial charge in [-0.05, 0) is 112 Å². The minimum Gasteiger partial charge on any atom is -0.444 e. The van der Waals surface area contributed by atoms with Gasteiger partial charge in [-0.3, -0.25) is 0 Å². The van der Waals surface area contributed by atoms with E-state index in [0.717, 1.165) is 0 Å². The molecule has 0 radical (unpaired) electrons. The van der Waals surface area contributed by atoms with Gasteiger partial charge in [0.15, 0.2) is 21.3 Å². The molecule has 0 spiro atoms. The zero-order valence-corrected chi connectivity index (χ0v) is 34.3. The Hall–Kier alpha value is -5.00. The van der Waals surface area contributed by atoms with Gasteiger partial charge in [0.25, 0.3) is 0 Å². The number of amides is 3. The van der Waals surface area contributed by atoms with Crippen molar-refractivity contribution in [3.63, 3.8) is 0 Å². The lowest BCUT2D eigenvalue weighted by atomic mass is 10.1. The van der Waals surface area contributed by atoms with Gasteiger partial charge in [0.1, 0.15) is 16.8 Å². The first-order valence-corrected chi connectivity index (χ1v) is 19.2. The van der Waals surface area contributed by atoms with Crippen LogP contribution in [0.2, 0.25) is 0 Å². The predicted octanol–water partition coefficient (Wildman–Crippen LogP) is 7.99. The second kappa shape index (κ2) is 18.4. The topological polar surface area (TPSA) is 174 Å². The van der Waals surface area contributed by atoms with Crippen LogP contribution in [0.25, 0.3) is 11.3 Å². The number of alkyl carbamates (subject to hydrolysis) is 1. The Morgan fingerprint density at radius 2 is 1.30 bits per heavy atom. The third-order valence-electron chi connectivity index (χ3n) is 6.68. The van der Waals surface area contributed by atoms with Crippen molar-refractivity contribution in [3.05, 3.63) is 71.5 Å². The summed E-state index contributed by atoms with van der Waals surface area (Å²) in [5.74, 6) is 5.61. The molecule has 0 bridgehead atoms. The molecular formula is C40H54N4O9S. The van der Waals surface area contributed by atoms with E-state index in [2.05, 4.69) is 27.1 Å². The average molecular weight is 767 g/mol. The summed E-state index contributed by atoms with van der Waals surface area (Å²) in [5, 5.41) is 12.5. The van der Waals surface area contributed by atoms with Gasteiger partial charge in [-0.2, -0.15) is 4.90 Å². The minimum absolute atomic E-state index is 0.0821. The highest BCUT2D eigenvalue weighted by Gasteiger charge is 2.35. The van der Waals surface area contributed by atoms with E-state index in [1.807, 2.05) is 13.8 Å². The van der Waals surface area contributed by atoms with Crippen LogP contribution in [-0.4, -0.2) is 70.4 Å². The molecule has 1 aromatic heterocycles. The van der Waals surface area contributed by atoms with Crippen molar-refractivity contribution in [2.45, 2.75) is 123 Å². The number of rotatable bonds is 7. The van der Waals surface area contributed by atoms with Gasteiger partial charge in [-0.1, -0.05) is 44.0 Å². The molecular weight excluding hydrogens is 713 g/mol. The fourth-order valence-corrected chi connectivity index (χ4v) is 5.31. The summed E-state index contributed by atoms with van der Waals surface area (Å²) in [6.07, 6.45) is -2.48. The number of aliphatic hydroxyl groups is 1. The van der Waals surface area contributed by atoms with E-state index in [4.69, 9.17) is 14.2 Å². The zero-order valence-electron chi connectivity index (χ0n) is 33.5. The number of sulfone groups is 1. The molecule has 1 heterocycles. The highest BCUT2D eigenvalue weighted by Crippen LogP contribution is 2.27. The first-order valence-electron chi connectivity index (χ1n) is 17.6. The molecule has 0 fully saturated rings. The Morgan fingerprint density at radius 3 is 1.76 bits per heavy atom. The number of carbonyl (C=O) groups excluding carboxylic acids is 3. The summed E-state index contributed by atoms with van der Waals surface area (Å²) < 4.78 is 41.7. The Kier molecular flexibility index (Phi) is 15.4. The highest BCUT2D eigenvalue weighted by atomic mass is 32.2. The lowest BCUT2D eigenvalue weighted by Crippen LogP contribution is -2.44. The molecule has 0 aliphatic rings. The van der Waals surface area contributed by atoms with Gasteiger partial charge in [0.2, 0.25) is 0 Å². The van der Waals surface area contributed by atoms with Gasteiger partial charge in [0, 0.05) is 11.1 Å². The molecule has 0 saturated carbocycles. The predicted molar refractivity (Wildman–Crippen MR) is 208 cm³/mol. The number of ether oxygens (including phenoxy) is 3. The van der Waals surface area contributed by atoms with E-state index in [0.29, 0.717) is 21.6 Å². The Bertz CT molecular complexity index is 1900. The van der Waals surface area contributed by atoms with E-state index < -0.39 is 56.3 Å². The van der Waals surface area contributed by atoms with Crippen molar-refractivity contribution in [1.82, 2.24) is 15.3 Å². The molecule has 0 aliphatic carbocycles. The number of nitrogens with one attached hydrogen (secondary N) is 1. The fraction of sp³-hybridized carbons (Fsp3) is 0.475. The fourth-order valence-electron chi connectivity index (χ4n) is 4.25. The first-order chi connectivity index (χ1) is 24.9. The number of hydrogen-bond acceptors (Lipinski definition) is 11. The quantitative estimate of drug-likeness (QED) is 0.176. The molecule has 3 rings (SSSR count). The van der Waals surface area contributed by atoms with Gasteiger partial charge < -0.3 is 24.6 Å². The number of carbonyl (C=O) groups is 3. The third-order valence-corrected chi connectivity index (χ3v) is 8.85. The highest BCUT2D eigenvalue weighted by molar-refractivity contribution is 7.92. The van der Waals surface area contributed by atoms with Crippen LogP contribution in [0.3, 0.4) is 0 Å². The largest absolute Gasteiger partial charge is 0.444 e. The van der Waals surface area contributed by atoms with E-state index in [-0.39, 0.29) is 28.6 Å². The normalized spacial score (nSPS) is 12.3. The summed E-state index contributed by atoms with van der Waals surface area (Å²) in [4.78, 5) is 48.8. The smallest absolute Gasteiger partial charge is 0.425 e. The molecule has 3 amide bonds. The number of hydrogen-bond donors (Lipinski definition) is 2. The Morgan fingerprint density at radius 1 is 0.796 bits per heavy atom. The maximum atomic E-state index is 13.5. The molecule has 1 atom stereocenters. The number of aliphatic hydroxyl groups excluding tert-OH is 1. The number of nitrogens with zero attached hydrogens (tertiary/aromatic N) is 3. The van der Waals surface area contributed by atoms with Gasteiger partial charge >= 0.3 is 18.3 Å². The molecule has 14 heteroatoms. The van der Waals surface area contributed by atoms with Crippen LogP contribution in [-0.2, 0) is 24.0 Å². The van der Waals surface area contributed by atoms with Crippen molar-refractivity contribution in [1.29, 1.82) is 0 Å². The van der Waals surface area contributed by atoms with E-state index in [1.54, 1.807) is 113 Å². The molecule has 13 nitrogen and oxygen atoms in total. The summed E-state index contributed by atoms with van der Waals surface area (Å²) in [6, 6.07) is 12.7. The van der Waals surface area contributed by atoms with E-state index >= 15 is 0 Å². The minimum atomic E-state index is -3.52. The molecule has 294 valence electrons. The molecule has 54 heavy (non-hydrogen) atoms. The SMILES string of the molecule is CC.CC(C)S(=O)(=O)c1ccc(-c2cnc(N(C(=O)OC(C)(C)C)C(=O)OC(C)(C)C)c(C#Cc3ccc(C(O)CNC(=O)OC(C)(C)C)cc3)n2)cc1. The molecule has 2 N–H and O–H groups in total. The summed E-state index contributed by atoms with van der Waals surface area (Å²) in [7, 11) is -3.52. The molecule has 3 aromatic rings. The first kappa shape index (κ1) is 45.2. The van der Waals surface area contributed by atoms with Crippen LogP contribution >= 0.6 is 0 Å². The van der Waals surface area contributed by atoms with Crippen LogP contribution in [0.15, 0.2) is 59.6 Å². The van der Waals surface area contributed by atoms with Crippen LogP contribution in [0, 0.1) is 11.8 Å². The van der Waals surface area contributed by atoms with Crippen molar-refractivity contribution in [2.24, 2.45) is 0 Å². The zero-order chi connectivity index (χ0) is 41.2. The molecule has 1 unspecified atom stereocenters. The van der Waals surface area contributed by atoms with Gasteiger partial charge in [-0.25, -0.2) is 32.8 Å². The van der Waals surface area contributed by atoms with Crippen molar-refractivity contribution < 1.29 is 42.1 Å². The standard InChI is InChI=1S/C38H48N4O9S.C2H6/c1-24(2)52(47,48)28-19-17-26(18-20-28)30-22-39-32(42(34(45)50-37(6,7)8)35(46)51-38(9,10)11)29(41-30)21-14-25-12-15-27(16-13-25)31(43)23-40-33(44)49-36(3,4)5;1-2/h12-13,15-20,22,24,31,43H,23H2,1-11H3,(H,40,44);1-2H3. The van der Waals surface area contributed by atoms with Gasteiger partial charge in [-0.15, -0.1) is 0 Å². The summed E-state index contributed by atoms with van der Waals surface area (Å²) >= 11 is 0. The second-order valence-corrected chi connectivity index (χ2v) is 17.6. The van der Waals surface area contributed by atoms with Crippen molar-refractivity contribution in [3.8, 4) is 23.1 Å². The number of imide groups is 1. The van der Waals surface area contributed by atoms with Crippen LogP contribution in [0.4, 0.5) is 20.2 Å².